The molecule has 0 aliphatic carbocycles. The zero-order chi connectivity index (χ0) is 19.6. The second-order valence-electron chi connectivity index (χ2n) is 5.86. The second-order valence-corrected chi connectivity index (χ2v) is 10.7. The molecule has 10 heteroatoms. The van der Waals surface area contributed by atoms with Gasteiger partial charge < -0.3 is 4.74 Å². The molecule has 3 rings (SSSR count). The SMILES string of the molecule is O=C(COC(=O)[C@@H]1CCCN1S(=O)(=O)c1ccc(Cl)cc1)c1ccc(Br)s1. The molecule has 6 nitrogen and oxygen atoms in total. The minimum absolute atomic E-state index is 0.0612. The van der Waals surface area contributed by atoms with E-state index >= 15 is 0 Å². The molecule has 144 valence electrons. The van der Waals surface area contributed by atoms with Gasteiger partial charge in [-0.25, -0.2) is 8.42 Å². The Morgan fingerprint density at radius 3 is 2.56 bits per heavy atom. The van der Waals surface area contributed by atoms with Crippen LogP contribution in [0.15, 0.2) is 45.1 Å². The molecule has 0 unspecified atom stereocenters. The predicted octanol–water partition coefficient (Wildman–Crippen LogP) is 3.74. The number of thiophene rings is 1. The van der Waals surface area contributed by atoms with Crippen molar-refractivity contribution in [3.63, 3.8) is 0 Å². The van der Waals surface area contributed by atoms with Crippen molar-refractivity contribution >= 4 is 60.6 Å². The molecule has 27 heavy (non-hydrogen) atoms. The highest BCUT2D eigenvalue weighted by molar-refractivity contribution is 9.11. The van der Waals surface area contributed by atoms with Gasteiger partial charge in [0.2, 0.25) is 15.8 Å². The van der Waals surface area contributed by atoms with Crippen LogP contribution in [0.3, 0.4) is 0 Å². The number of esters is 1. The van der Waals surface area contributed by atoms with Crippen molar-refractivity contribution in [3.05, 3.63) is 50.1 Å². The molecule has 1 aromatic heterocycles. The Hall–Kier alpha value is -1.26. The Morgan fingerprint density at radius 1 is 1.22 bits per heavy atom. The second kappa shape index (κ2) is 8.40. The molecule has 1 atom stereocenters. The fraction of sp³-hybridized carbons (Fsp3) is 0.294. The summed E-state index contributed by atoms with van der Waals surface area (Å²) in [5, 5.41) is 0.421. The maximum atomic E-state index is 12.8. The standard InChI is InChI=1S/C17H15BrClNO5S2/c18-16-8-7-15(26-16)14(21)10-25-17(22)13-2-1-9-20(13)27(23,24)12-5-3-11(19)4-6-12/h3-8,13H,1-2,9-10H2/t13-/m0/s1. The maximum absolute atomic E-state index is 12.8. The van der Waals surface area contributed by atoms with E-state index in [0.29, 0.717) is 22.7 Å². The number of hydrogen-bond donors (Lipinski definition) is 0. The van der Waals surface area contributed by atoms with Gasteiger partial charge in [0.15, 0.2) is 6.61 Å². The summed E-state index contributed by atoms with van der Waals surface area (Å²) in [6, 6.07) is 8.20. The van der Waals surface area contributed by atoms with E-state index in [1.54, 1.807) is 12.1 Å². The highest BCUT2D eigenvalue weighted by Crippen LogP contribution is 2.28. The van der Waals surface area contributed by atoms with Crippen molar-refractivity contribution in [3.8, 4) is 0 Å². The number of nitrogens with zero attached hydrogens (tertiary/aromatic N) is 1. The van der Waals surface area contributed by atoms with E-state index in [1.165, 1.54) is 35.6 Å². The molecule has 0 spiro atoms. The number of carbonyl (C=O) groups is 2. The lowest BCUT2D eigenvalue weighted by Gasteiger charge is -2.22. The number of halogens is 2. The van der Waals surface area contributed by atoms with Gasteiger partial charge in [0.05, 0.1) is 13.6 Å². The van der Waals surface area contributed by atoms with Gasteiger partial charge in [0.25, 0.3) is 0 Å². The van der Waals surface area contributed by atoms with Crippen LogP contribution in [-0.2, 0) is 19.6 Å². The average molecular weight is 493 g/mol. The molecule has 0 amide bonds. The number of Topliss-reactive ketones (excluding diaryl/α,β-unsaturated/α-hetero) is 1. The lowest BCUT2D eigenvalue weighted by Crippen LogP contribution is -2.41. The van der Waals surface area contributed by atoms with Crippen LogP contribution < -0.4 is 0 Å². The first-order valence-corrected chi connectivity index (χ1v) is 11.4. The normalized spacial score (nSPS) is 17.8. The highest BCUT2D eigenvalue weighted by atomic mass is 79.9. The van der Waals surface area contributed by atoms with Gasteiger partial charge in [0.1, 0.15) is 6.04 Å². The summed E-state index contributed by atoms with van der Waals surface area (Å²) >= 11 is 10.3. The number of ketones is 1. The molecule has 1 saturated heterocycles. The molecule has 0 radical (unpaired) electrons. The van der Waals surface area contributed by atoms with Gasteiger partial charge in [-0.3, -0.25) is 9.59 Å². The zero-order valence-corrected chi connectivity index (χ0v) is 17.9. The van der Waals surface area contributed by atoms with E-state index in [4.69, 9.17) is 16.3 Å². The first kappa shape index (κ1) is 20.5. The van der Waals surface area contributed by atoms with Gasteiger partial charge in [-0.05, 0) is 65.2 Å². The Bertz CT molecular complexity index is 958. The minimum atomic E-state index is -3.85. The summed E-state index contributed by atoms with van der Waals surface area (Å²) in [6.45, 7) is -0.201. The third kappa shape index (κ3) is 4.60. The molecular formula is C17H15BrClNO5S2. The molecule has 0 saturated carbocycles. The summed E-state index contributed by atoms with van der Waals surface area (Å²) in [6.07, 6.45) is 0.892. The third-order valence-electron chi connectivity index (χ3n) is 4.09. The molecule has 0 bridgehead atoms. The molecule has 2 heterocycles. The Labute approximate surface area is 174 Å². The zero-order valence-electron chi connectivity index (χ0n) is 13.9. The summed E-state index contributed by atoms with van der Waals surface area (Å²) in [5.41, 5.74) is 0. The predicted molar refractivity (Wildman–Crippen MR) is 106 cm³/mol. The largest absolute Gasteiger partial charge is 0.456 e. The molecule has 1 fully saturated rings. The van der Waals surface area contributed by atoms with Crippen LogP contribution in [0.2, 0.25) is 5.02 Å². The number of hydrogen-bond acceptors (Lipinski definition) is 6. The number of carbonyl (C=O) groups excluding carboxylic acids is 2. The van der Waals surface area contributed by atoms with Crippen LogP contribution in [0, 0.1) is 0 Å². The van der Waals surface area contributed by atoms with Gasteiger partial charge in [-0.2, -0.15) is 4.31 Å². The van der Waals surface area contributed by atoms with E-state index < -0.39 is 28.6 Å². The van der Waals surface area contributed by atoms with Crippen molar-refractivity contribution < 1.29 is 22.7 Å². The van der Waals surface area contributed by atoms with Crippen molar-refractivity contribution in [2.75, 3.05) is 13.2 Å². The molecule has 0 N–H and O–H groups in total. The quantitative estimate of drug-likeness (QED) is 0.453. The molecule has 1 aliphatic rings. The fourth-order valence-electron chi connectivity index (χ4n) is 2.77. The smallest absolute Gasteiger partial charge is 0.324 e. The highest BCUT2D eigenvalue weighted by Gasteiger charge is 2.40. The van der Waals surface area contributed by atoms with E-state index in [0.717, 1.165) is 8.09 Å². The van der Waals surface area contributed by atoms with Crippen LogP contribution in [0.4, 0.5) is 0 Å². The minimum Gasteiger partial charge on any atom is -0.456 e. The van der Waals surface area contributed by atoms with Gasteiger partial charge in [-0.1, -0.05) is 11.6 Å². The monoisotopic (exact) mass is 491 g/mol. The van der Waals surface area contributed by atoms with Crippen molar-refractivity contribution in [2.45, 2.75) is 23.8 Å². The van der Waals surface area contributed by atoms with Crippen LogP contribution >= 0.6 is 38.9 Å². The van der Waals surface area contributed by atoms with Gasteiger partial charge >= 0.3 is 5.97 Å². The van der Waals surface area contributed by atoms with Crippen molar-refractivity contribution in [1.82, 2.24) is 4.31 Å². The maximum Gasteiger partial charge on any atom is 0.324 e. The molecule has 2 aromatic rings. The lowest BCUT2D eigenvalue weighted by atomic mass is 10.2. The van der Waals surface area contributed by atoms with E-state index in [9.17, 15) is 18.0 Å². The van der Waals surface area contributed by atoms with Gasteiger partial charge in [-0.15, -0.1) is 11.3 Å². The number of rotatable bonds is 6. The van der Waals surface area contributed by atoms with Crippen LogP contribution in [0.1, 0.15) is 22.5 Å². The molecule has 1 aromatic carbocycles. The fourth-order valence-corrected chi connectivity index (χ4v) is 5.86. The summed E-state index contributed by atoms with van der Waals surface area (Å²) < 4.78 is 32.7. The Morgan fingerprint density at radius 2 is 1.93 bits per heavy atom. The first-order valence-electron chi connectivity index (χ1n) is 8.01. The average Bonchev–Trinajstić information content (AvgIpc) is 3.29. The van der Waals surface area contributed by atoms with Gasteiger partial charge in [0, 0.05) is 11.6 Å². The molecular weight excluding hydrogens is 478 g/mol. The van der Waals surface area contributed by atoms with Crippen molar-refractivity contribution in [2.24, 2.45) is 0 Å². The van der Waals surface area contributed by atoms with E-state index in [-0.39, 0.29) is 17.2 Å². The Balaban J connectivity index is 1.69. The lowest BCUT2D eigenvalue weighted by molar-refractivity contribution is -0.146. The van der Waals surface area contributed by atoms with E-state index in [2.05, 4.69) is 15.9 Å². The topological polar surface area (TPSA) is 80.8 Å². The Kier molecular flexibility index (Phi) is 6.37. The summed E-state index contributed by atoms with van der Waals surface area (Å²) in [5.74, 6) is -1.04. The number of sulfonamides is 1. The number of ether oxygens (including phenoxy) is 1. The van der Waals surface area contributed by atoms with Crippen molar-refractivity contribution in [1.29, 1.82) is 0 Å². The third-order valence-corrected chi connectivity index (χ3v) is 7.93. The number of benzene rings is 1. The first-order chi connectivity index (χ1) is 12.8. The van der Waals surface area contributed by atoms with Crippen LogP contribution in [-0.4, -0.2) is 43.7 Å². The van der Waals surface area contributed by atoms with E-state index in [1.807, 2.05) is 0 Å². The summed E-state index contributed by atoms with van der Waals surface area (Å²) in [4.78, 5) is 25.0. The van der Waals surface area contributed by atoms with Crippen LogP contribution in [0.25, 0.3) is 0 Å². The van der Waals surface area contributed by atoms with Crippen LogP contribution in [0.5, 0.6) is 0 Å². The molecule has 1 aliphatic heterocycles. The summed E-state index contributed by atoms with van der Waals surface area (Å²) in [7, 11) is -3.85.